The highest BCUT2D eigenvalue weighted by atomic mass is 28.3. The molecule has 5 atom stereocenters. The van der Waals surface area contributed by atoms with Crippen LogP contribution in [-0.2, 0) is 28.2 Å². The second-order valence-electron chi connectivity index (χ2n) is 16.7. The Balaban J connectivity index is 1.10. The van der Waals surface area contributed by atoms with Gasteiger partial charge in [-0.05, 0) is 89.8 Å². The number of nitrogens with one attached hydrogen (secondary N) is 1. The molecule has 1 fully saturated rings. The van der Waals surface area contributed by atoms with Crippen molar-refractivity contribution in [3.63, 3.8) is 0 Å². The van der Waals surface area contributed by atoms with Crippen molar-refractivity contribution < 1.29 is 33.6 Å². The first-order chi connectivity index (χ1) is 30.0. The summed E-state index contributed by atoms with van der Waals surface area (Å²) in [5.74, 6) is 1.23. The molecule has 320 valence electrons. The highest BCUT2D eigenvalue weighted by Gasteiger charge is 2.66. The SMILES string of the molecule is COc1ccc(C(=O)Nc2ccc(CN3C(=O)[C@@]4(O[C@@H](CCn5cc(C(CO)c6ccccc6)nn5)[C@H]([Si](C)(C)c5ccc(OC)cc5)[C@H]4C)c4cc(OC)ccc43)cc2)cc1. The molecule has 6 aromatic rings. The highest BCUT2D eigenvalue weighted by molar-refractivity contribution is 6.91. The third-order valence-electron chi connectivity index (χ3n) is 12.9. The molecule has 12 nitrogen and oxygen atoms in total. The lowest BCUT2D eigenvalue weighted by atomic mass is 9.82. The van der Waals surface area contributed by atoms with Gasteiger partial charge in [0.1, 0.15) is 17.2 Å². The minimum absolute atomic E-state index is 0.00458. The molecule has 3 heterocycles. The van der Waals surface area contributed by atoms with Crippen molar-refractivity contribution in [1.29, 1.82) is 0 Å². The van der Waals surface area contributed by atoms with Crippen LogP contribution in [-0.4, -0.2) is 74.0 Å². The maximum atomic E-state index is 15.4. The first-order valence-corrected chi connectivity index (χ1v) is 24.0. The van der Waals surface area contributed by atoms with Crippen LogP contribution >= 0.6 is 0 Å². The van der Waals surface area contributed by atoms with Gasteiger partial charge in [-0.25, -0.2) is 0 Å². The topological polar surface area (TPSA) is 137 Å². The zero-order valence-electron chi connectivity index (χ0n) is 35.9. The van der Waals surface area contributed by atoms with E-state index in [0.717, 1.165) is 28.1 Å². The number of aromatic nitrogens is 3. The summed E-state index contributed by atoms with van der Waals surface area (Å²) in [6.07, 6.45) is 2.17. The van der Waals surface area contributed by atoms with E-state index < -0.39 is 13.7 Å². The zero-order valence-corrected chi connectivity index (χ0v) is 36.9. The van der Waals surface area contributed by atoms with Gasteiger partial charge in [0.25, 0.3) is 11.8 Å². The number of ether oxygens (including phenoxy) is 4. The largest absolute Gasteiger partial charge is 0.497 e. The van der Waals surface area contributed by atoms with Crippen LogP contribution in [0.15, 0.2) is 128 Å². The van der Waals surface area contributed by atoms with Crippen molar-refractivity contribution in [2.24, 2.45) is 5.92 Å². The monoisotopic (exact) mass is 851 g/mol. The molecular weight excluding hydrogens is 799 g/mol. The maximum absolute atomic E-state index is 15.4. The molecule has 13 heteroatoms. The van der Waals surface area contributed by atoms with Gasteiger partial charge in [0.05, 0.1) is 66.0 Å². The number of methoxy groups -OCH3 is 3. The van der Waals surface area contributed by atoms with Gasteiger partial charge in [0.15, 0.2) is 5.60 Å². The number of fused-ring (bicyclic) bond motifs is 2. The number of carbonyl (C=O) groups is 2. The fourth-order valence-electron chi connectivity index (χ4n) is 9.57. The minimum atomic E-state index is -2.42. The van der Waals surface area contributed by atoms with Gasteiger partial charge in [0, 0.05) is 35.5 Å². The van der Waals surface area contributed by atoms with Gasteiger partial charge in [-0.3, -0.25) is 14.3 Å². The number of carbonyl (C=O) groups excluding carboxylic acids is 2. The number of aliphatic hydroxyl groups excluding tert-OH is 1. The van der Waals surface area contributed by atoms with E-state index in [1.807, 2.05) is 101 Å². The van der Waals surface area contributed by atoms with Gasteiger partial charge in [0.2, 0.25) is 0 Å². The van der Waals surface area contributed by atoms with E-state index in [4.69, 9.17) is 18.9 Å². The zero-order chi connectivity index (χ0) is 43.6. The number of amides is 2. The van der Waals surface area contributed by atoms with Crippen LogP contribution in [0.4, 0.5) is 11.4 Å². The van der Waals surface area contributed by atoms with Crippen molar-refractivity contribution in [2.75, 3.05) is 38.2 Å². The van der Waals surface area contributed by atoms with Crippen LogP contribution in [0, 0.1) is 5.92 Å². The van der Waals surface area contributed by atoms with Crippen molar-refractivity contribution in [1.82, 2.24) is 15.0 Å². The van der Waals surface area contributed by atoms with E-state index in [1.54, 1.807) is 45.6 Å². The van der Waals surface area contributed by atoms with Gasteiger partial charge in [-0.2, -0.15) is 0 Å². The van der Waals surface area contributed by atoms with Crippen LogP contribution in [0.3, 0.4) is 0 Å². The molecule has 62 heavy (non-hydrogen) atoms. The summed E-state index contributed by atoms with van der Waals surface area (Å²) in [4.78, 5) is 30.2. The molecule has 0 aliphatic carbocycles. The van der Waals surface area contributed by atoms with Crippen molar-refractivity contribution >= 4 is 36.4 Å². The molecule has 0 bridgehead atoms. The number of rotatable bonds is 15. The molecule has 2 aliphatic heterocycles. The standard InChI is InChI=1S/C49H53N5O7Si/c1-32-46(62(5,6)40-23-20-38(59-3)21-24-40)45(26-27-53-30-43(51-52-53)41(31-55)34-10-8-7-9-11-34)61-49(32)42-28-39(60-4)22-25-44(42)54(48(49)57)29-33-12-16-36(17-13-33)50-47(56)35-14-18-37(58-2)19-15-35/h7-25,28,30,32,41,45-46,55H,26-27,29,31H2,1-6H3,(H,50,56)/t32-,41?,45+,46-,49+/m1/s1. The van der Waals surface area contributed by atoms with E-state index >= 15 is 4.79 Å². The van der Waals surface area contributed by atoms with Crippen LogP contribution in [0.2, 0.25) is 18.6 Å². The predicted molar refractivity (Wildman–Crippen MR) is 241 cm³/mol. The summed E-state index contributed by atoms with van der Waals surface area (Å²) in [6.45, 7) is 7.61. The second kappa shape index (κ2) is 17.6. The third kappa shape index (κ3) is 7.87. The van der Waals surface area contributed by atoms with E-state index in [1.165, 1.54) is 5.19 Å². The lowest BCUT2D eigenvalue weighted by Crippen LogP contribution is -2.51. The van der Waals surface area contributed by atoms with Gasteiger partial charge in [-0.15, -0.1) is 5.10 Å². The van der Waals surface area contributed by atoms with Crippen LogP contribution in [0.25, 0.3) is 0 Å². The number of hydrogen-bond acceptors (Lipinski definition) is 9. The number of benzene rings is 5. The van der Waals surface area contributed by atoms with Crippen molar-refractivity contribution in [3.8, 4) is 17.2 Å². The average molecular weight is 852 g/mol. The molecule has 1 unspecified atom stereocenters. The summed E-state index contributed by atoms with van der Waals surface area (Å²) in [5, 5.41) is 23.5. The van der Waals surface area contributed by atoms with Gasteiger partial charge < -0.3 is 34.3 Å². The van der Waals surface area contributed by atoms with Crippen LogP contribution in [0.5, 0.6) is 17.2 Å². The van der Waals surface area contributed by atoms with E-state index in [9.17, 15) is 9.90 Å². The Morgan fingerprint density at radius 1 is 0.871 bits per heavy atom. The van der Waals surface area contributed by atoms with E-state index in [0.29, 0.717) is 48.0 Å². The van der Waals surface area contributed by atoms with Crippen LogP contribution < -0.4 is 29.6 Å². The predicted octanol–water partition coefficient (Wildman–Crippen LogP) is 7.53. The number of aryl methyl sites for hydroxylation is 1. The Bertz CT molecular complexity index is 2510. The summed E-state index contributed by atoms with van der Waals surface area (Å²) >= 11 is 0. The Morgan fingerprint density at radius 3 is 2.16 bits per heavy atom. The summed E-state index contributed by atoms with van der Waals surface area (Å²) < 4.78 is 25.7. The second-order valence-corrected chi connectivity index (χ2v) is 21.3. The Kier molecular flexibility index (Phi) is 12.0. The number of anilines is 2. The lowest BCUT2D eigenvalue weighted by Gasteiger charge is -2.37. The summed E-state index contributed by atoms with van der Waals surface area (Å²) in [6, 6.07) is 38.5. The lowest BCUT2D eigenvalue weighted by molar-refractivity contribution is -0.146. The molecule has 8 rings (SSSR count). The first-order valence-electron chi connectivity index (χ1n) is 20.9. The van der Waals surface area contributed by atoms with Gasteiger partial charge >= 0.3 is 0 Å². The normalized spacial score (nSPS) is 20.0. The molecule has 1 aromatic heterocycles. The van der Waals surface area contributed by atoms with Crippen molar-refractivity contribution in [2.45, 2.75) is 62.7 Å². The Labute approximate surface area is 363 Å². The molecule has 5 aromatic carbocycles. The third-order valence-corrected chi connectivity index (χ3v) is 17.2. The molecule has 2 N–H and O–H groups in total. The molecule has 2 amide bonds. The molecule has 2 aliphatic rings. The number of aliphatic hydroxyl groups is 1. The Morgan fingerprint density at radius 2 is 1.52 bits per heavy atom. The molecule has 1 saturated heterocycles. The molecule has 0 saturated carbocycles. The highest BCUT2D eigenvalue weighted by Crippen LogP contribution is 2.60. The summed E-state index contributed by atoms with van der Waals surface area (Å²) in [7, 11) is 2.46. The van der Waals surface area contributed by atoms with Gasteiger partial charge in [-0.1, -0.05) is 85.0 Å². The molecular formula is C49H53N5O7Si. The molecule has 0 radical (unpaired) electrons. The fraction of sp³-hybridized carbons (Fsp3) is 0.306. The van der Waals surface area contributed by atoms with Crippen molar-refractivity contribution in [3.05, 3.63) is 155 Å². The minimum Gasteiger partial charge on any atom is -0.497 e. The quantitative estimate of drug-likeness (QED) is 0.101. The number of hydrogen-bond donors (Lipinski definition) is 2. The Hall–Kier alpha value is -6.28. The maximum Gasteiger partial charge on any atom is 0.264 e. The summed E-state index contributed by atoms with van der Waals surface area (Å²) in [5.41, 5.74) is 3.99. The fourth-order valence-corrected chi connectivity index (χ4v) is 13.6. The first kappa shape index (κ1) is 42.4. The van der Waals surface area contributed by atoms with Crippen LogP contribution in [0.1, 0.15) is 52.0 Å². The number of nitrogens with zero attached hydrogens (tertiary/aromatic N) is 4. The van der Waals surface area contributed by atoms with E-state index in [2.05, 4.69) is 47.8 Å². The smallest absolute Gasteiger partial charge is 0.264 e. The average Bonchev–Trinajstić information content (AvgIpc) is 3.96. The molecule has 1 spiro atoms. The van der Waals surface area contributed by atoms with E-state index in [-0.39, 0.29) is 41.9 Å².